The molecule has 3 aromatic carbocycles. The van der Waals surface area contributed by atoms with Gasteiger partial charge in [-0.2, -0.15) is 5.26 Å². The van der Waals surface area contributed by atoms with Crippen molar-refractivity contribution in [1.29, 1.82) is 5.26 Å². The minimum absolute atomic E-state index is 0.329. The number of nitrogens with zero attached hydrogens (tertiary/aromatic N) is 1. The average Bonchev–Trinajstić information content (AvgIpc) is 2.70. The molecule has 2 amide bonds. The first-order chi connectivity index (χ1) is 13.0. The summed E-state index contributed by atoms with van der Waals surface area (Å²) in [7, 11) is 0. The molecule has 0 aromatic heterocycles. The van der Waals surface area contributed by atoms with Crippen LogP contribution in [0.4, 0.5) is 15.8 Å². The average molecular weight is 359 g/mol. The molecule has 0 heterocycles. The Bertz CT molecular complexity index is 1010. The Hall–Kier alpha value is -3.98. The lowest BCUT2D eigenvalue weighted by molar-refractivity contribution is 0.101. The molecular formula is C21H14FN3O2. The van der Waals surface area contributed by atoms with Gasteiger partial charge in [-0.15, -0.1) is 0 Å². The van der Waals surface area contributed by atoms with Crippen molar-refractivity contribution in [2.24, 2.45) is 0 Å². The number of hydrogen-bond acceptors (Lipinski definition) is 3. The fourth-order valence-electron chi connectivity index (χ4n) is 2.34. The Morgan fingerprint density at radius 2 is 1.11 bits per heavy atom. The van der Waals surface area contributed by atoms with Crippen LogP contribution in [0, 0.1) is 17.1 Å². The van der Waals surface area contributed by atoms with Gasteiger partial charge in [0.15, 0.2) is 0 Å². The van der Waals surface area contributed by atoms with Crippen molar-refractivity contribution in [3.05, 3.63) is 95.3 Å². The Labute approximate surface area is 155 Å². The SMILES string of the molecule is N#Cc1ccc(NC(=O)c2ccc(C(=O)Nc3ccc(F)cc3)cc2)cc1. The van der Waals surface area contributed by atoms with E-state index in [4.69, 9.17) is 5.26 Å². The summed E-state index contributed by atoms with van der Waals surface area (Å²) in [6.45, 7) is 0. The predicted octanol–water partition coefficient (Wildman–Crippen LogP) is 4.20. The van der Waals surface area contributed by atoms with Crippen LogP contribution in [-0.2, 0) is 0 Å². The monoisotopic (exact) mass is 359 g/mol. The van der Waals surface area contributed by atoms with Crippen molar-refractivity contribution in [2.45, 2.75) is 0 Å². The molecule has 5 nitrogen and oxygen atoms in total. The largest absolute Gasteiger partial charge is 0.322 e. The van der Waals surface area contributed by atoms with Crippen LogP contribution in [0.25, 0.3) is 0 Å². The number of nitriles is 1. The summed E-state index contributed by atoms with van der Waals surface area (Å²) >= 11 is 0. The molecule has 0 spiro atoms. The molecule has 0 aliphatic rings. The standard InChI is InChI=1S/C21H14FN3O2/c22-17-7-11-19(12-8-17)25-21(27)16-5-3-15(4-6-16)20(26)24-18-9-1-14(13-23)2-10-18/h1-12H,(H,24,26)(H,25,27). The van der Waals surface area contributed by atoms with E-state index >= 15 is 0 Å². The van der Waals surface area contributed by atoms with E-state index in [9.17, 15) is 14.0 Å². The number of carbonyl (C=O) groups is 2. The summed E-state index contributed by atoms with van der Waals surface area (Å²) in [5, 5.41) is 14.1. The highest BCUT2D eigenvalue weighted by Gasteiger charge is 2.10. The zero-order valence-corrected chi connectivity index (χ0v) is 14.1. The highest BCUT2D eigenvalue weighted by atomic mass is 19.1. The van der Waals surface area contributed by atoms with Crippen LogP contribution < -0.4 is 10.6 Å². The zero-order chi connectivity index (χ0) is 19.2. The fourth-order valence-corrected chi connectivity index (χ4v) is 2.34. The fraction of sp³-hybridized carbons (Fsp3) is 0. The van der Waals surface area contributed by atoms with Gasteiger partial charge in [-0.25, -0.2) is 4.39 Å². The summed E-state index contributed by atoms with van der Waals surface area (Å²) in [5.41, 5.74) is 2.30. The quantitative estimate of drug-likeness (QED) is 0.732. The molecule has 3 aromatic rings. The number of halogens is 1. The van der Waals surface area contributed by atoms with Gasteiger partial charge in [-0.05, 0) is 72.8 Å². The van der Waals surface area contributed by atoms with E-state index in [1.807, 2.05) is 6.07 Å². The van der Waals surface area contributed by atoms with E-state index in [-0.39, 0.29) is 17.6 Å². The number of nitrogens with one attached hydrogen (secondary N) is 2. The van der Waals surface area contributed by atoms with Gasteiger partial charge in [0, 0.05) is 22.5 Å². The van der Waals surface area contributed by atoms with Crippen LogP contribution in [0.2, 0.25) is 0 Å². The van der Waals surface area contributed by atoms with E-state index < -0.39 is 0 Å². The third kappa shape index (κ3) is 4.55. The molecule has 0 fully saturated rings. The van der Waals surface area contributed by atoms with Crippen molar-refractivity contribution >= 4 is 23.2 Å². The van der Waals surface area contributed by atoms with Gasteiger partial charge in [-0.1, -0.05) is 0 Å². The molecule has 0 saturated carbocycles. The third-order valence-electron chi connectivity index (χ3n) is 3.78. The van der Waals surface area contributed by atoms with E-state index in [0.717, 1.165) is 0 Å². The van der Waals surface area contributed by atoms with Gasteiger partial charge in [-0.3, -0.25) is 9.59 Å². The van der Waals surface area contributed by atoms with E-state index in [1.165, 1.54) is 36.4 Å². The molecule has 0 atom stereocenters. The normalized spacial score (nSPS) is 9.93. The summed E-state index contributed by atoms with van der Waals surface area (Å²) < 4.78 is 12.9. The molecule has 27 heavy (non-hydrogen) atoms. The Morgan fingerprint density at radius 3 is 1.52 bits per heavy atom. The molecule has 0 saturated heterocycles. The van der Waals surface area contributed by atoms with Crippen LogP contribution in [0.3, 0.4) is 0 Å². The summed E-state index contributed by atoms with van der Waals surface area (Å²) in [6.07, 6.45) is 0. The number of rotatable bonds is 4. The van der Waals surface area contributed by atoms with Crippen LogP contribution in [-0.4, -0.2) is 11.8 Å². The predicted molar refractivity (Wildman–Crippen MR) is 99.9 cm³/mol. The lowest BCUT2D eigenvalue weighted by Gasteiger charge is -2.07. The van der Waals surface area contributed by atoms with Gasteiger partial charge in [0.05, 0.1) is 11.6 Å². The molecule has 0 bridgehead atoms. The number of carbonyl (C=O) groups excluding carboxylic acids is 2. The zero-order valence-electron chi connectivity index (χ0n) is 14.1. The minimum atomic E-state index is -0.384. The molecular weight excluding hydrogens is 345 g/mol. The number of hydrogen-bond donors (Lipinski definition) is 2. The Balaban J connectivity index is 1.65. The molecule has 2 N–H and O–H groups in total. The van der Waals surface area contributed by atoms with Crippen molar-refractivity contribution in [2.75, 3.05) is 10.6 Å². The first kappa shape index (κ1) is 17.8. The summed E-state index contributed by atoms with van der Waals surface area (Å²) in [4.78, 5) is 24.5. The van der Waals surface area contributed by atoms with E-state index in [2.05, 4.69) is 10.6 Å². The maximum atomic E-state index is 12.9. The van der Waals surface area contributed by atoms with Gasteiger partial charge in [0.1, 0.15) is 5.82 Å². The molecule has 0 aliphatic heterocycles. The number of benzene rings is 3. The minimum Gasteiger partial charge on any atom is -0.322 e. The Kier molecular flexibility index (Phi) is 5.24. The number of anilines is 2. The number of amides is 2. The van der Waals surface area contributed by atoms with Crippen LogP contribution >= 0.6 is 0 Å². The van der Waals surface area contributed by atoms with Crippen LogP contribution in [0.1, 0.15) is 26.3 Å². The first-order valence-electron chi connectivity index (χ1n) is 8.03. The Morgan fingerprint density at radius 1 is 0.704 bits per heavy atom. The molecule has 3 rings (SSSR count). The van der Waals surface area contributed by atoms with Crippen LogP contribution in [0.15, 0.2) is 72.8 Å². The molecule has 0 aliphatic carbocycles. The van der Waals surface area contributed by atoms with Crippen molar-refractivity contribution in [1.82, 2.24) is 0 Å². The molecule has 6 heteroatoms. The van der Waals surface area contributed by atoms with Crippen molar-refractivity contribution in [3.63, 3.8) is 0 Å². The van der Waals surface area contributed by atoms with Crippen LogP contribution in [0.5, 0.6) is 0 Å². The van der Waals surface area contributed by atoms with Gasteiger partial charge < -0.3 is 10.6 Å². The lowest BCUT2D eigenvalue weighted by atomic mass is 10.1. The first-order valence-corrected chi connectivity index (χ1v) is 8.03. The highest BCUT2D eigenvalue weighted by Crippen LogP contribution is 2.14. The highest BCUT2D eigenvalue weighted by molar-refractivity contribution is 6.07. The van der Waals surface area contributed by atoms with Crippen molar-refractivity contribution < 1.29 is 14.0 Å². The summed E-state index contributed by atoms with van der Waals surface area (Å²) in [5.74, 6) is -1.07. The van der Waals surface area contributed by atoms with Gasteiger partial charge in [0.2, 0.25) is 0 Å². The summed E-state index contributed by atoms with van der Waals surface area (Å²) in [6, 6.07) is 20.1. The second-order valence-corrected chi connectivity index (χ2v) is 5.68. The third-order valence-corrected chi connectivity index (χ3v) is 3.78. The lowest BCUT2D eigenvalue weighted by Crippen LogP contribution is -2.14. The van der Waals surface area contributed by atoms with Crippen molar-refractivity contribution in [3.8, 4) is 6.07 Å². The van der Waals surface area contributed by atoms with Gasteiger partial charge in [0.25, 0.3) is 11.8 Å². The topological polar surface area (TPSA) is 82.0 Å². The molecule has 132 valence electrons. The molecule has 0 unspecified atom stereocenters. The van der Waals surface area contributed by atoms with Gasteiger partial charge >= 0.3 is 0 Å². The molecule has 0 radical (unpaired) electrons. The van der Waals surface area contributed by atoms with E-state index in [1.54, 1.807) is 36.4 Å². The smallest absolute Gasteiger partial charge is 0.255 e. The van der Waals surface area contributed by atoms with E-state index in [0.29, 0.717) is 28.1 Å². The second-order valence-electron chi connectivity index (χ2n) is 5.68. The maximum Gasteiger partial charge on any atom is 0.255 e. The second kappa shape index (κ2) is 7.93. The maximum absolute atomic E-state index is 12.9.